The molecular weight excluding hydrogens is 338 g/mol. The fraction of sp³-hybridized carbons (Fsp3) is 0.545. The summed E-state index contributed by atoms with van der Waals surface area (Å²) in [6.07, 6.45) is 1.49. The lowest BCUT2D eigenvalue weighted by Crippen LogP contribution is -2.32. The van der Waals surface area contributed by atoms with Gasteiger partial charge in [0.2, 0.25) is 0 Å². The van der Waals surface area contributed by atoms with Crippen molar-refractivity contribution in [3.05, 3.63) is 0 Å². The van der Waals surface area contributed by atoms with Crippen LogP contribution in [0.25, 0.3) is 0 Å². The number of rotatable bonds is 5. The van der Waals surface area contributed by atoms with Crippen LogP contribution in [0.3, 0.4) is 0 Å². The smallest absolute Gasteiger partial charge is 0.411 e. The van der Waals surface area contributed by atoms with E-state index >= 15 is 0 Å². The molecule has 0 fully saturated rings. The van der Waals surface area contributed by atoms with Crippen LogP contribution in [0.15, 0.2) is 0 Å². The quantitative estimate of drug-likeness (QED) is 0.563. The van der Waals surface area contributed by atoms with E-state index in [0.29, 0.717) is 19.7 Å². The maximum Gasteiger partial charge on any atom is 0.411 e. The van der Waals surface area contributed by atoms with Crippen molar-refractivity contribution in [1.29, 1.82) is 0 Å². The van der Waals surface area contributed by atoms with Crippen molar-refractivity contribution >= 4 is 38.0 Å². The molecular formula is C11H13Br2NO2. The third-order valence-corrected chi connectivity index (χ3v) is 2.22. The van der Waals surface area contributed by atoms with Crippen LogP contribution < -0.4 is 0 Å². The summed E-state index contributed by atoms with van der Waals surface area (Å²) >= 11 is 5.95. The molecule has 0 spiro atoms. The molecule has 0 rings (SSSR count). The van der Waals surface area contributed by atoms with Gasteiger partial charge in [0.25, 0.3) is 0 Å². The minimum Gasteiger partial charge on any atom is -0.449 e. The zero-order valence-corrected chi connectivity index (χ0v) is 12.2. The first-order valence-corrected chi connectivity index (χ1v) is 6.43. The summed E-state index contributed by atoms with van der Waals surface area (Å²) in [7, 11) is 0. The number of nitrogens with zero attached hydrogens (tertiary/aromatic N) is 1. The van der Waals surface area contributed by atoms with Crippen LogP contribution in [-0.2, 0) is 4.74 Å². The third kappa shape index (κ3) is 7.62. The lowest BCUT2D eigenvalue weighted by Gasteiger charge is -2.16. The summed E-state index contributed by atoms with van der Waals surface area (Å²) in [5.74, 6) is 5.47. The first-order valence-electron chi connectivity index (χ1n) is 4.85. The maximum absolute atomic E-state index is 11.6. The second kappa shape index (κ2) is 10.9. The Morgan fingerprint density at radius 1 is 1.25 bits per heavy atom. The first kappa shape index (κ1) is 15.3. The minimum absolute atomic E-state index is 0.303. The van der Waals surface area contributed by atoms with Crippen LogP contribution in [0.5, 0.6) is 0 Å². The van der Waals surface area contributed by atoms with E-state index in [2.05, 4.69) is 53.4 Å². The minimum atomic E-state index is -0.376. The van der Waals surface area contributed by atoms with Gasteiger partial charge < -0.3 is 4.74 Å². The number of ether oxygens (including phenoxy) is 1. The molecule has 0 unspecified atom stereocenters. The topological polar surface area (TPSA) is 29.5 Å². The van der Waals surface area contributed by atoms with Gasteiger partial charge in [0.1, 0.15) is 0 Å². The molecule has 3 nitrogen and oxygen atoms in total. The number of amides is 1. The van der Waals surface area contributed by atoms with Crippen LogP contribution in [-0.4, -0.2) is 30.7 Å². The van der Waals surface area contributed by atoms with Gasteiger partial charge in [0, 0.05) is 31.9 Å². The number of hydrogen-bond donors (Lipinski definition) is 0. The van der Waals surface area contributed by atoms with Gasteiger partial charge in [-0.05, 0) is 16.1 Å². The molecule has 0 saturated heterocycles. The van der Waals surface area contributed by atoms with Crippen molar-refractivity contribution in [3.8, 4) is 21.5 Å². The fourth-order valence-electron chi connectivity index (χ4n) is 0.831. The van der Waals surface area contributed by atoms with Crippen molar-refractivity contribution < 1.29 is 9.53 Å². The molecule has 0 heterocycles. The number of unbranched alkanes of at least 4 members (excludes halogenated alkanes) is 1. The molecule has 1 amide bonds. The van der Waals surface area contributed by atoms with Crippen LogP contribution in [0.2, 0.25) is 0 Å². The highest BCUT2D eigenvalue weighted by atomic mass is 79.9. The normalized spacial score (nSPS) is 8.19. The molecule has 16 heavy (non-hydrogen) atoms. The molecule has 0 aromatic heterocycles. The molecule has 0 aliphatic rings. The van der Waals surface area contributed by atoms with Gasteiger partial charge in [-0.3, -0.25) is 4.90 Å². The molecule has 0 aromatic carbocycles. The Hall–Kier alpha value is -0.650. The summed E-state index contributed by atoms with van der Waals surface area (Å²) in [5.41, 5.74) is 0. The van der Waals surface area contributed by atoms with Gasteiger partial charge in [-0.1, -0.05) is 25.2 Å². The van der Waals surface area contributed by atoms with Gasteiger partial charge in [-0.2, -0.15) is 0 Å². The first-order chi connectivity index (χ1) is 7.76. The van der Waals surface area contributed by atoms with E-state index in [9.17, 15) is 4.79 Å². The molecule has 0 saturated carbocycles. The van der Waals surface area contributed by atoms with Crippen LogP contribution in [0.1, 0.15) is 19.8 Å². The van der Waals surface area contributed by atoms with Crippen LogP contribution >= 0.6 is 31.9 Å². The van der Waals surface area contributed by atoms with Gasteiger partial charge in [0.15, 0.2) is 0 Å². The highest BCUT2D eigenvalue weighted by molar-refractivity contribution is 9.12. The Morgan fingerprint density at radius 3 is 2.25 bits per heavy atom. The van der Waals surface area contributed by atoms with E-state index < -0.39 is 0 Å². The standard InChI is InChI=1S/C11H13Br2NO2/c1-2-3-10-16-11(15)14(8-4-6-12)9-5-7-13/h2-3,8-10H2,1H3. The highest BCUT2D eigenvalue weighted by Gasteiger charge is 2.11. The van der Waals surface area contributed by atoms with E-state index in [1.807, 2.05) is 6.92 Å². The second-order valence-corrected chi connectivity index (χ2v) is 3.66. The van der Waals surface area contributed by atoms with E-state index in [-0.39, 0.29) is 6.09 Å². The van der Waals surface area contributed by atoms with Crippen LogP contribution in [0.4, 0.5) is 4.79 Å². The summed E-state index contributed by atoms with van der Waals surface area (Å²) in [5, 5.41) is 0. The molecule has 0 aliphatic heterocycles. The average molecular weight is 351 g/mol. The Morgan fingerprint density at radius 2 is 1.81 bits per heavy atom. The van der Waals surface area contributed by atoms with Gasteiger partial charge in [-0.15, -0.1) is 0 Å². The molecule has 0 aliphatic carbocycles. The molecule has 0 bridgehead atoms. The largest absolute Gasteiger partial charge is 0.449 e. The lowest BCUT2D eigenvalue weighted by molar-refractivity contribution is 0.110. The Kier molecular flexibility index (Phi) is 10.4. The summed E-state index contributed by atoms with van der Waals surface area (Å²) in [6.45, 7) is 3.09. The van der Waals surface area contributed by atoms with Crippen molar-refractivity contribution in [2.45, 2.75) is 19.8 Å². The lowest BCUT2D eigenvalue weighted by atomic mass is 10.4. The Balaban J connectivity index is 4.16. The number of hydrogen-bond acceptors (Lipinski definition) is 2. The summed E-state index contributed by atoms with van der Waals surface area (Å²) < 4.78 is 5.06. The maximum atomic E-state index is 11.6. The second-order valence-electron chi connectivity index (χ2n) is 2.87. The fourth-order valence-corrected chi connectivity index (χ4v) is 1.08. The average Bonchev–Trinajstić information content (AvgIpc) is 2.29. The van der Waals surface area contributed by atoms with E-state index in [4.69, 9.17) is 4.74 Å². The monoisotopic (exact) mass is 349 g/mol. The van der Waals surface area contributed by atoms with Crippen LogP contribution in [0, 0.1) is 21.5 Å². The van der Waals surface area contributed by atoms with Crippen molar-refractivity contribution in [3.63, 3.8) is 0 Å². The van der Waals surface area contributed by atoms with E-state index in [0.717, 1.165) is 12.8 Å². The predicted octanol–water partition coefficient (Wildman–Crippen LogP) is 2.94. The molecule has 0 radical (unpaired) electrons. The van der Waals surface area contributed by atoms with E-state index in [1.54, 1.807) is 0 Å². The summed E-state index contributed by atoms with van der Waals surface area (Å²) in [4.78, 5) is 18.1. The molecule has 0 N–H and O–H groups in total. The molecule has 5 heteroatoms. The van der Waals surface area contributed by atoms with Gasteiger partial charge >= 0.3 is 6.09 Å². The van der Waals surface area contributed by atoms with Crippen molar-refractivity contribution in [2.24, 2.45) is 0 Å². The van der Waals surface area contributed by atoms with Gasteiger partial charge in [0.05, 0.1) is 19.7 Å². The highest BCUT2D eigenvalue weighted by Crippen LogP contribution is 1.96. The zero-order chi connectivity index (χ0) is 12.2. The predicted molar refractivity (Wildman–Crippen MR) is 71.2 cm³/mol. The Labute approximate surface area is 113 Å². The molecule has 0 atom stereocenters. The molecule has 88 valence electrons. The number of carbonyl (C=O) groups is 1. The number of halogens is 2. The van der Waals surface area contributed by atoms with Gasteiger partial charge in [-0.25, -0.2) is 4.79 Å². The van der Waals surface area contributed by atoms with Crippen molar-refractivity contribution in [2.75, 3.05) is 19.7 Å². The summed E-state index contributed by atoms with van der Waals surface area (Å²) in [6, 6.07) is 0. The van der Waals surface area contributed by atoms with Crippen molar-refractivity contribution in [1.82, 2.24) is 4.90 Å². The zero-order valence-electron chi connectivity index (χ0n) is 9.06. The molecule has 0 aromatic rings. The Bertz CT molecular complexity index is 300. The number of carbonyl (C=O) groups excluding carboxylic acids is 1. The SMILES string of the molecule is CCCCOC(=O)N(CC#CBr)CC#CBr. The van der Waals surface area contributed by atoms with E-state index in [1.165, 1.54) is 4.90 Å². The third-order valence-electron chi connectivity index (χ3n) is 1.66.